The van der Waals surface area contributed by atoms with E-state index in [0.717, 1.165) is 59.3 Å². The van der Waals surface area contributed by atoms with E-state index >= 15 is 0 Å². The molecule has 34 heavy (non-hydrogen) atoms. The van der Waals surface area contributed by atoms with Crippen LogP contribution in [0.3, 0.4) is 0 Å². The van der Waals surface area contributed by atoms with Gasteiger partial charge in [-0.05, 0) is 48.8 Å². The molecule has 6 nitrogen and oxygen atoms in total. The fraction of sp³-hybridized carbons (Fsp3) is 0.429. The second-order valence-corrected chi connectivity index (χ2v) is 10.5. The van der Waals surface area contributed by atoms with Crippen LogP contribution in [0.15, 0.2) is 54.6 Å². The maximum Gasteiger partial charge on any atom is 0.319 e. The normalized spacial score (nSPS) is 18.4. The Morgan fingerprint density at radius 3 is 2.29 bits per heavy atom. The summed E-state index contributed by atoms with van der Waals surface area (Å²) in [7, 11) is 4.13. The molecule has 3 N–H and O–H groups in total. The first-order chi connectivity index (χ1) is 16.2. The first kappa shape index (κ1) is 23.9. The molecule has 0 saturated heterocycles. The molecular formula is C28H37N5O. The lowest BCUT2D eigenvalue weighted by molar-refractivity contribution is 0.243. The molecule has 3 aromatic rings. The Labute approximate surface area is 203 Å². The summed E-state index contributed by atoms with van der Waals surface area (Å²) in [6.45, 7) is 6.47. The largest absolute Gasteiger partial charge is 0.377 e. The number of anilines is 3. The van der Waals surface area contributed by atoms with E-state index < -0.39 is 0 Å². The monoisotopic (exact) mass is 459 g/mol. The highest BCUT2D eigenvalue weighted by atomic mass is 16.2. The summed E-state index contributed by atoms with van der Waals surface area (Å²) in [5.74, 6) is 0.912. The molecule has 1 aliphatic carbocycles. The van der Waals surface area contributed by atoms with Gasteiger partial charge in [-0.3, -0.25) is 0 Å². The quantitative estimate of drug-likeness (QED) is 0.428. The van der Waals surface area contributed by atoms with Crippen molar-refractivity contribution in [3.05, 3.63) is 60.2 Å². The highest BCUT2D eigenvalue weighted by molar-refractivity contribution is 5.93. The Bertz CT molecular complexity index is 1140. The number of nitrogens with zero attached hydrogens (tertiary/aromatic N) is 2. The molecular weight excluding hydrogens is 422 g/mol. The molecule has 0 radical (unpaired) electrons. The first-order valence-corrected chi connectivity index (χ1v) is 12.2. The maximum atomic E-state index is 12.7. The van der Waals surface area contributed by atoms with Gasteiger partial charge in [-0.25, -0.2) is 9.78 Å². The van der Waals surface area contributed by atoms with Gasteiger partial charge in [0.1, 0.15) is 5.82 Å². The number of nitrogens with one attached hydrogen (secondary N) is 3. The molecule has 1 saturated carbocycles. The van der Waals surface area contributed by atoms with Gasteiger partial charge in [0.2, 0.25) is 0 Å². The number of para-hydroxylation sites is 2. The van der Waals surface area contributed by atoms with Crippen LogP contribution in [0.4, 0.5) is 22.0 Å². The zero-order chi connectivity index (χ0) is 24.3. The smallest absolute Gasteiger partial charge is 0.319 e. The third kappa shape index (κ3) is 5.61. The summed E-state index contributed by atoms with van der Waals surface area (Å²) in [6, 6.07) is 18.8. The highest BCUT2D eigenvalue weighted by Crippen LogP contribution is 2.30. The van der Waals surface area contributed by atoms with Gasteiger partial charge in [0, 0.05) is 49.0 Å². The van der Waals surface area contributed by atoms with Crippen molar-refractivity contribution in [1.82, 2.24) is 10.3 Å². The summed E-state index contributed by atoms with van der Waals surface area (Å²) in [5, 5.41) is 11.0. The van der Waals surface area contributed by atoms with Crippen LogP contribution in [0.25, 0.3) is 10.9 Å². The lowest BCUT2D eigenvalue weighted by Gasteiger charge is -2.30. The van der Waals surface area contributed by atoms with Gasteiger partial charge < -0.3 is 20.9 Å². The van der Waals surface area contributed by atoms with E-state index in [1.54, 1.807) is 0 Å². The Hall–Kier alpha value is -3.28. The minimum Gasteiger partial charge on any atom is -0.377 e. The van der Waals surface area contributed by atoms with Crippen molar-refractivity contribution in [3.8, 4) is 0 Å². The third-order valence-corrected chi connectivity index (χ3v) is 6.57. The van der Waals surface area contributed by atoms with Crippen LogP contribution in [-0.4, -0.2) is 37.2 Å². The van der Waals surface area contributed by atoms with Crippen LogP contribution in [-0.2, 0) is 5.41 Å². The molecule has 6 heteroatoms. The number of hydrogen-bond donors (Lipinski definition) is 3. The van der Waals surface area contributed by atoms with Crippen molar-refractivity contribution in [2.24, 2.45) is 0 Å². The second-order valence-electron chi connectivity index (χ2n) is 10.5. The van der Waals surface area contributed by atoms with Gasteiger partial charge in [0.05, 0.1) is 5.52 Å². The lowest BCUT2D eigenvalue weighted by Crippen LogP contribution is -2.42. The Morgan fingerprint density at radius 1 is 0.941 bits per heavy atom. The maximum absolute atomic E-state index is 12.7. The number of aromatic nitrogens is 1. The molecule has 180 valence electrons. The number of pyridine rings is 1. The Balaban J connectivity index is 1.33. The van der Waals surface area contributed by atoms with Crippen LogP contribution < -0.4 is 20.9 Å². The summed E-state index contributed by atoms with van der Waals surface area (Å²) in [5.41, 5.74) is 4.14. The number of hydrogen-bond acceptors (Lipinski definition) is 4. The predicted molar refractivity (Wildman–Crippen MR) is 143 cm³/mol. The zero-order valence-electron chi connectivity index (χ0n) is 21.0. The van der Waals surface area contributed by atoms with Crippen molar-refractivity contribution < 1.29 is 4.79 Å². The standard InChI is InChI=1S/C28H37N5O/c1-28(2,3)22-11-7-9-13-24(22)32-27(34)30-20-16-14-19(15-17-20)29-26-18-25(33(4)5)21-10-6-8-12-23(21)31-26/h6-13,18-20H,14-17H2,1-5H3,(H,29,31)(H2,30,32,34)/t19-,20+. The average Bonchev–Trinajstić information content (AvgIpc) is 2.79. The van der Waals surface area contributed by atoms with Gasteiger partial charge >= 0.3 is 6.03 Å². The summed E-state index contributed by atoms with van der Waals surface area (Å²) >= 11 is 0. The van der Waals surface area contributed by atoms with Crippen LogP contribution >= 0.6 is 0 Å². The number of amides is 2. The molecule has 4 rings (SSSR count). The van der Waals surface area contributed by atoms with Crippen LogP contribution in [0, 0.1) is 0 Å². The molecule has 1 heterocycles. The predicted octanol–water partition coefficient (Wildman–Crippen LogP) is 6.14. The topological polar surface area (TPSA) is 69.3 Å². The van der Waals surface area contributed by atoms with E-state index in [-0.39, 0.29) is 17.5 Å². The van der Waals surface area contributed by atoms with Gasteiger partial charge in [0.25, 0.3) is 0 Å². The number of urea groups is 1. The average molecular weight is 460 g/mol. The zero-order valence-corrected chi connectivity index (χ0v) is 21.0. The number of carbonyl (C=O) groups excluding carboxylic acids is 1. The van der Waals surface area contributed by atoms with Crippen LogP contribution in [0.5, 0.6) is 0 Å². The molecule has 0 atom stereocenters. The number of rotatable bonds is 5. The molecule has 2 amide bonds. The fourth-order valence-corrected chi connectivity index (χ4v) is 4.78. The third-order valence-electron chi connectivity index (χ3n) is 6.57. The van der Waals surface area contributed by atoms with E-state index in [9.17, 15) is 4.79 Å². The Kier molecular flexibility index (Phi) is 6.96. The summed E-state index contributed by atoms with van der Waals surface area (Å²) < 4.78 is 0. The Morgan fingerprint density at radius 2 is 1.59 bits per heavy atom. The number of benzene rings is 2. The fourth-order valence-electron chi connectivity index (χ4n) is 4.78. The molecule has 0 aliphatic heterocycles. The highest BCUT2D eigenvalue weighted by Gasteiger charge is 2.24. The van der Waals surface area contributed by atoms with Crippen molar-refractivity contribution >= 4 is 34.1 Å². The van der Waals surface area contributed by atoms with Crippen molar-refractivity contribution in [2.45, 2.75) is 64.0 Å². The van der Waals surface area contributed by atoms with E-state index in [1.165, 1.54) is 0 Å². The van der Waals surface area contributed by atoms with Crippen LogP contribution in [0.1, 0.15) is 52.0 Å². The minimum absolute atomic E-state index is 0.0309. The van der Waals surface area contributed by atoms with E-state index in [4.69, 9.17) is 4.98 Å². The van der Waals surface area contributed by atoms with Gasteiger partial charge in [-0.15, -0.1) is 0 Å². The molecule has 1 aliphatic rings. The number of carbonyl (C=O) groups is 1. The van der Waals surface area contributed by atoms with Crippen molar-refractivity contribution in [1.29, 1.82) is 0 Å². The summed E-state index contributed by atoms with van der Waals surface area (Å²) in [4.78, 5) is 19.7. The molecule has 0 spiro atoms. The van der Waals surface area contributed by atoms with Crippen LogP contribution in [0.2, 0.25) is 0 Å². The van der Waals surface area contributed by atoms with Gasteiger partial charge in [0.15, 0.2) is 0 Å². The molecule has 0 bridgehead atoms. The SMILES string of the molecule is CN(C)c1cc(N[C@H]2CC[C@@H](NC(=O)Nc3ccccc3C(C)(C)C)CC2)nc2ccccc12. The summed E-state index contributed by atoms with van der Waals surface area (Å²) in [6.07, 6.45) is 3.88. The first-order valence-electron chi connectivity index (χ1n) is 12.2. The molecule has 1 aromatic heterocycles. The van der Waals surface area contributed by atoms with E-state index in [2.05, 4.69) is 86.0 Å². The molecule has 2 aromatic carbocycles. The van der Waals surface area contributed by atoms with E-state index in [1.807, 2.05) is 24.3 Å². The second kappa shape index (κ2) is 9.92. The van der Waals surface area contributed by atoms with Crippen molar-refractivity contribution in [2.75, 3.05) is 29.6 Å². The van der Waals surface area contributed by atoms with Crippen molar-refractivity contribution in [3.63, 3.8) is 0 Å². The molecule has 1 fully saturated rings. The number of fused-ring (bicyclic) bond motifs is 1. The minimum atomic E-state index is -0.125. The lowest BCUT2D eigenvalue weighted by atomic mass is 9.86. The van der Waals surface area contributed by atoms with Gasteiger partial charge in [-0.2, -0.15) is 0 Å². The molecule has 0 unspecified atom stereocenters. The van der Waals surface area contributed by atoms with Gasteiger partial charge in [-0.1, -0.05) is 57.2 Å². The van der Waals surface area contributed by atoms with E-state index in [0.29, 0.717) is 6.04 Å².